The van der Waals surface area contributed by atoms with Gasteiger partial charge in [0.05, 0.1) is 19.7 Å². The van der Waals surface area contributed by atoms with Crippen LogP contribution in [0.4, 0.5) is 10.3 Å². The average molecular weight is 390 g/mol. The fourth-order valence-corrected chi connectivity index (χ4v) is 3.61. The van der Waals surface area contributed by atoms with Gasteiger partial charge in [0.15, 0.2) is 0 Å². The Balaban J connectivity index is 1.46. The third-order valence-corrected chi connectivity index (χ3v) is 5.09. The molecule has 0 spiro atoms. The van der Waals surface area contributed by atoms with E-state index < -0.39 is 0 Å². The summed E-state index contributed by atoms with van der Waals surface area (Å²) < 4.78 is 23.0. The molecule has 0 bridgehead atoms. The number of benzene rings is 3. The number of halogens is 1. The second-order valence-electron chi connectivity index (χ2n) is 7.04. The van der Waals surface area contributed by atoms with E-state index in [1.54, 1.807) is 12.1 Å². The largest absolute Gasteiger partial charge is 0.493 e. The number of aromatic nitrogens is 2. The molecule has 4 aromatic rings. The SMILES string of the molecule is Nc1n(CCc2ccccc2)c2ccccc2[n+]1CCCOc1ccc(F)cc1. The molecule has 5 heteroatoms. The summed E-state index contributed by atoms with van der Waals surface area (Å²) >= 11 is 0. The summed E-state index contributed by atoms with van der Waals surface area (Å²) in [4.78, 5) is 0. The molecule has 0 saturated heterocycles. The Morgan fingerprint density at radius 1 is 0.897 bits per heavy atom. The van der Waals surface area contributed by atoms with Gasteiger partial charge in [-0.25, -0.2) is 13.5 Å². The number of nitrogens with two attached hydrogens (primary N) is 1. The number of ether oxygens (including phenoxy) is 1. The number of rotatable bonds is 8. The minimum Gasteiger partial charge on any atom is -0.493 e. The lowest BCUT2D eigenvalue weighted by molar-refractivity contribution is -0.657. The molecule has 148 valence electrons. The van der Waals surface area contributed by atoms with Gasteiger partial charge in [-0.1, -0.05) is 42.5 Å². The number of nitrogen functional groups attached to an aromatic ring is 1. The van der Waals surface area contributed by atoms with E-state index in [9.17, 15) is 4.39 Å². The molecule has 29 heavy (non-hydrogen) atoms. The van der Waals surface area contributed by atoms with Crippen LogP contribution < -0.4 is 15.0 Å². The number of imidazole rings is 1. The van der Waals surface area contributed by atoms with Crippen LogP contribution in [-0.4, -0.2) is 11.2 Å². The van der Waals surface area contributed by atoms with Crippen molar-refractivity contribution in [2.75, 3.05) is 12.3 Å². The first kappa shape index (κ1) is 19.0. The normalized spacial score (nSPS) is 11.1. The van der Waals surface area contributed by atoms with Gasteiger partial charge in [-0.05, 0) is 42.0 Å². The highest BCUT2D eigenvalue weighted by Gasteiger charge is 2.20. The monoisotopic (exact) mass is 390 g/mol. The summed E-state index contributed by atoms with van der Waals surface area (Å²) in [6.45, 7) is 2.13. The molecule has 1 aromatic heterocycles. The van der Waals surface area contributed by atoms with Gasteiger partial charge in [-0.2, -0.15) is 0 Å². The van der Waals surface area contributed by atoms with Crippen LogP contribution >= 0.6 is 0 Å². The van der Waals surface area contributed by atoms with Crippen LogP contribution in [0.25, 0.3) is 11.0 Å². The molecule has 0 aliphatic rings. The molecule has 0 aliphatic heterocycles. The maximum atomic E-state index is 13.0. The third-order valence-electron chi connectivity index (χ3n) is 5.09. The summed E-state index contributed by atoms with van der Waals surface area (Å²) in [7, 11) is 0. The van der Waals surface area contributed by atoms with E-state index in [0.717, 1.165) is 42.9 Å². The van der Waals surface area contributed by atoms with Gasteiger partial charge in [0.25, 0.3) is 0 Å². The van der Waals surface area contributed by atoms with E-state index in [1.807, 2.05) is 18.2 Å². The Kier molecular flexibility index (Phi) is 5.75. The maximum absolute atomic E-state index is 13.0. The van der Waals surface area contributed by atoms with Crippen molar-refractivity contribution >= 4 is 17.0 Å². The van der Waals surface area contributed by atoms with E-state index in [0.29, 0.717) is 12.4 Å². The van der Waals surface area contributed by atoms with Crippen molar-refractivity contribution in [3.8, 4) is 5.75 Å². The lowest BCUT2D eigenvalue weighted by atomic mass is 10.1. The highest BCUT2D eigenvalue weighted by molar-refractivity contribution is 5.73. The van der Waals surface area contributed by atoms with Crippen LogP contribution in [0.15, 0.2) is 78.9 Å². The minimum atomic E-state index is -0.260. The van der Waals surface area contributed by atoms with Gasteiger partial charge in [-0.15, -0.1) is 0 Å². The van der Waals surface area contributed by atoms with Gasteiger partial charge >= 0.3 is 5.95 Å². The predicted octanol–water partition coefficient (Wildman–Crippen LogP) is 4.36. The Morgan fingerprint density at radius 2 is 1.62 bits per heavy atom. The molecule has 2 N–H and O–H groups in total. The van der Waals surface area contributed by atoms with E-state index >= 15 is 0 Å². The molecule has 1 heterocycles. The molecule has 4 rings (SSSR count). The van der Waals surface area contributed by atoms with Crippen LogP contribution in [-0.2, 0) is 19.5 Å². The Morgan fingerprint density at radius 3 is 2.41 bits per heavy atom. The first-order valence-corrected chi connectivity index (χ1v) is 9.91. The molecule has 0 amide bonds. The van der Waals surface area contributed by atoms with Crippen molar-refractivity contribution < 1.29 is 13.7 Å². The zero-order chi connectivity index (χ0) is 20.1. The third kappa shape index (κ3) is 4.40. The second kappa shape index (κ2) is 8.78. The van der Waals surface area contributed by atoms with Crippen LogP contribution in [0.2, 0.25) is 0 Å². The standard InChI is InChI=1S/C24H24FN3O/c25-20-11-13-21(14-12-20)29-18-6-16-27-22-9-4-5-10-23(22)28(24(27)26)17-15-19-7-2-1-3-8-19/h1-5,7-14,26H,6,15-18H2/p+1. The fourth-order valence-electron chi connectivity index (χ4n) is 3.61. The average Bonchev–Trinajstić information content (AvgIpc) is 3.02. The molecule has 0 unspecified atom stereocenters. The number of hydrogen-bond donors (Lipinski definition) is 1. The molecule has 3 aromatic carbocycles. The smallest absolute Gasteiger partial charge is 0.356 e. The van der Waals surface area contributed by atoms with Crippen molar-refractivity contribution in [3.63, 3.8) is 0 Å². The topological polar surface area (TPSA) is 44.1 Å². The van der Waals surface area contributed by atoms with Gasteiger partial charge in [0.2, 0.25) is 0 Å². The number of anilines is 1. The molecule has 0 saturated carbocycles. The van der Waals surface area contributed by atoms with Crippen LogP contribution in [0, 0.1) is 5.82 Å². The summed E-state index contributed by atoms with van der Waals surface area (Å²) in [5.74, 6) is 1.17. The number of aryl methyl sites for hydroxylation is 3. The van der Waals surface area contributed by atoms with Crippen molar-refractivity contribution in [3.05, 3.63) is 90.2 Å². The first-order chi connectivity index (χ1) is 14.2. The van der Waals surface area contributed by atoms with E-state index in [4.69, 9.17) is 10.5 Å². The lowest BCUT2D eigenvalue weighted by Gasteiger charge is -2.06. The number of hydrogen-bond acceptors (Lipinski definition) is 2. The predicted molar refractivity (Wildman–Crippen MR) is 113 cm³/mol. The second-order valence-corrected chi connectivity index (χ2v) is 7.04. The van der Waals surface area contributed by atoms with Crippen LogP contribution in [0.1, 0.15) is 12.0 Å². The molecule has 0 aliphatic carbocycles. The van der Waals surface area contributed by atoms with Crippen molar-refractivity contribution in [2.24, 2.45) is 0 Å². The number of nitrogens with zero attached hydrogens (tertiary/aromatic N) is 2. The quantitative estimate of drug-likeness (QED) is 0.359. The fraction of sp³-hybridized carbons (Fsp3) is 0.208. The molecular formula is C24H25FN3O+. The van der Waals surface area contributed by atoms with Gasteiger partial charge in [0, 0.05) is 12.8 Å². The van der Waals surface area contributed by atoms with E-state index in [2.05, 4.69) is 45.5 Å². The minimum absolute atomic E-state index is 0.260. The lowest BCUT2D eigenvalue weighted by Crippen LogP contribution is -2.37. The molecule has 4 nitrogen and oxygen atoms in total. The van der Waals surface area contributed by atoms with Gasteiger partial charge < -0.3 is 4.74 Å². The van der Waals surface area contributed by atoms with Crippen molar-refractivity contribution in [1.82, 2.24) is 4.57 Å². The Bertz CT molecular complexity index is 1070. The van der Waals surface area contributed by atoms with E-state index in [-0.39, 0.29) is 5.82 Å². The molecule has 0 fully saturated rings. The summed E-state index contributed by atoms with van der Waals surface area (Å²) in [5, 5.41) is 0. The molecule has 0 atom stereocenters. The maximum Gasteiger partial charge on any atom is 0.356 e. The van der Waals surface area contributed by atoms with Crippen molar-refractivity contribution in [1.29, 1.82) is 0 Å². The Labute approximate surface area is 170 Å². The summed E-state index contributed by atoms with van der Waals surface area (Å²) in [6, 6.07) is 24.8. The highest BCUT2D eigenvalue weighted by Crippen LogP contribution is 2.17. The van der Waals surface area contributed by atoms with Gasteiger partial charge in [0.1, 0.15) is 22.6 Å². The molecular weight excluding hydrogens is 365 g/mol. The zero-order valence-corrected chi connectivity index (χ0v) is 16.3. The van der Waals surface area contributed by atoms with Gasteiger partial charge in [-0.3, -0.25) is 5.73 Å². The zero-order valence-electron chi connectivity index (χ0n) is 16.3. The number of fused-ring (bicyclic) bond motifs is 1. The summed E-state index contributed by atoms with van der Waals surface area (Å²) in [6.07, 6.45) is 1.73. The molecule has 0 radical (unpaired) electrons. The van der Waals surface area contributed by atoms with E-state index in [1.165, 1.54) is 17.7 Å². The first-order valence-electron chi connectivity index (χ1n) is 9.91. The Hall–Kier alpha value is -3.34. The van der Waals surface area contributed by atoms with Crippen LogP contribution in [0.5, 0.6) is 5.75 Å². The highest BCUT2D eigenvalue weighted by atomic mass is 19.1. The summed E-state index contributed by atoms with van der Waals surface area (Å²) in [5.41, 5.74) is 10.1. The number of para-hydroxylation sites is 2. The van der Waals surface area contributed by atoms with Crippen LogP contribution in [0.3, 0.4) is 0 Å². The van der Waals surface area contributed by atoms with Crippen molar-refractivity contribution in [2.45, 2.75) is 25.9 Å².